The first-order valence-electron chi connectivity index (χ1n) is 6.25. The monoisotopic (exact) mass is 245 g/mol. The molecule has 1 aliphatic rings. The highest BCUT2D eigenvalue weighted by atomic mass is 16.5. The van der Waals surface area contributed by atoms with Gasteiger partial charge in [-0.3, -0.25) is 0 Å². The molecule has 3 atom stereocenters. The largest absolute Gasteiger partial charge is 0.479 e. The zero-order chi connectivity index (χ0) is 12.9. The molecular formula is C12H23NO4. The number of aliphatic hydroxyl groups excluding tert-OH is 1. The summed E-state index contributed by atoms with van der Waals surface area (Å²) in [5, 5.41) is 21.2. The number of aliphatic hydroxyl groups is 1. The van der Waals surface area contributed by atoms with Gasteiger partial charge in [-0.15, -0.1) is 0 Å². The maximum atomic E-state index is 10.7. The van der Waals surface area contributed by atoms with Gasteiger partial charge in [0.2, 0.25) is 0 Å². The van der Waals surface area contributed by atoms with Crippen molar-refractivity contribution in [2.75, 3.05) is 13.2 Å². The van der Waals surface area contributed by atoms with E-state index >= 15 is 0 Å². The van der Waals surface area contributed by atoms with Crippen LogP contribution >= 0.6 is 0 Å². The summed E-state index contributed by atoms with van der Waals surface area (Å²) in [6.07, 6.45) is 2.31. The van der Waals surface area contributed by atoms with Crippen LogP contribution in [0, 0.1) is 0 Å². The van der Waals surface area contributed by atoms with Gasteiger partial charge in [-0.05, 0) is 32.6 Å². The van der Waals surface area contributed by atoms with Gasteiger partial charge in [-0.2, -0.15) is 0 Å². The van der Waals surface area contributed by atoms with Crippen LogP contribution in [0.1, 0.15) is 39.5 Å². The minimum Gasteiger partial charge on any atom is -0.479 e. The molecule has 1 rings (SSSR count). The Bertz CT molecular complexity index is 259. The summed E-state index contributed by atoms with van der Waals surface area (Å²) in [4.78, 5) is 10.7. The Balaban J connectivity index is 2.33. The topological polar surface area (TPSA) is 78.8 Å². The molecule has 0 bridgehead atoms. The fraction of sp³-hybridized carbons (Fsp3) is 0.917. The Morgan fingerprint density at radius 2 is 2.24 bits per heavy atom. The smallest absolute Gasteiger partial charge is 0.332 e. The third-order valence-corrected chi connectivity index (χ3v) is 3.58. The Morgan fingerprint density at radius 1 is 1.53 bits per heavy atom. The average molecular weight is 245 g/mol. The minimum atomic E-state index is -0.874. The van der Waals surface area contributed by atoms with Crippen LogP contribution in [0.15, 0.2) is 0 Å². The van der Waals surface area contributed by atoms with Crippen molar-refractivity contribution in [2.24, 2.45) is 0 Å². The van der Waals surface area contributed by atoms with E-state index in [2.05, 4.69) is 19.2 Å². The maximum absolute atomic E-state index is 10.7. The van der Waals surface area contributed by atoms with Crippen LogP contribution in [-0.2, 0) is 9.53 Å². The van der Waals surface area contributed by atoms with Crippen molar-refractivity contribution in [1.82, 2.24) is 5.32 Å². The molecule has 3 N–H and O–H groups in total. The molecule has 0 aromatic rings. The van der Waals surface area contributed by atoms with Gasteiger partial charge >= 0.3 is 5.97 Å². The van der Waals surface area contributed by atoms with E-state index < -0.39 is 12.1 Å². The molecule has 100 valence electrons. The third-order valence-electron chi connectivity index (χ3n) is 3.58. The number of aliphatic carboxylic acids is 1. The van der Waals surface area contributed by atoms with Gasteiger partial charge in [0.15, 0.2) is 6.10 Å². The number of carbonyl (C=O) groups is 1. The molecule has 1 aliphatic heterocycles. The number of nitrogens with one attached hydrogen (secondary N) is 1. The number of carboxylic acids is 1. The Hall–Kier alpha value is -0.650. The molecule has 0 spiro atoms. The Morgan fingerprint density at radius 3 is 2.71 bits per heavy atom. The molecular weight excluding hydrogens is 222 g/mol. The summed E-state index contributed by atoms with van der Waals surface area (Å²) in [7, 11) is 0. The zero-order valence-corrected chi connectivity index (χ0v) is 10.6. The molecule has 0 saturated carbocycles. The van der Waals surface area contributed by atoms with Crippen molar-refractivity contribution >= 4 is 5.97 Å². The fourth-order valence-electron chi connectivity index (χ4n) is 2.03. The van der Waals surface area contributed by atoms with Crippen molar-refractivity contribution in [3.05, 3.63) is 0 Å². The van der Waals surface area contributed by atoms with Crippen molar-refractivity contribution in [1.29, 1.82) is 0 Å². The van der Waals surface area contributed by atoms with E-state index in [1.807, 2.05) is 0 Å². The first-order chi connectivity index (χ1) is 8.00. The standard InChI is InChI=1S/C12H23NO4/c1-3-12(2,6-7-14)13-8-9-4-5-10(17-9)11(15)16/h9-10,13-14H,3-8H2,1-2H3,(H,15,16). The minimum absolute atomic E-state index is 0.0272. The SMILES string of the molecule is CCC(C)(CCO)NCC1CCC(C(=O)O)O1. The molecule has 3 unspecified atom stereocenters. The van der Waals surface area contributed by atoms with Crippen LogP contribution in [-0.4, -0.2) is 47.1 Å². The number of ether oxygens (including phenoxy) is 1. The summed E-state index contributed by atoms with van der Waals surface area (Å²) >= 11 is 0. The van der Waals surface area contributed by atoms with Crippen LogP contribution < -0.4 is 5.32 Å². The lowest BCUT2D eigenvalue weighted by atomic mass is 9.94. The van der Waals surface area contributed by atoms with Gasteiger partial charge in [0.25, 0.3) is 0 Å². The maximum Gasteiger partial charge on any atom is 0.332 e. The van der Waals surface area contributed by atoms with Gasteiger partial charge in [0.05, 0.1) is 6.10 Å². The highest BCUT2D eigenvalue weighted by Crippen LogP contribution is 2.21. The van der Waals surface area contributed by atoms with Crippen molar-refractivity contribution < 1.29 is 19.7 Å². The van der Waals surface area contributed by atoms with Gasteiger partial charge in [0.1, 0.15) is 0 Å². The molecule has 5 nitrogen and oxygen atoms in total. The van der Waals surface area contributed by atoms with E-state index in [0.717, 1.165) is 12.8 Å². The predicted octanol–water partition coefficient (Wildman–Crippen LogP) is 0.759. The molecule has 0 amide bonds. The molecule has 17 heavy (non-hydrogen) atoms. The number of hydrogen-bond acceptors (Lipinski definition) is 4. The molecule has 0 radical (unpaired) electrons. The first-order valence-corrected chi connectivity index (χ1v) is 6.25. The van der Waals surface area contributed by atoms with Gasteiger partial charge in [0, 0.05) is 18.7 Å². The molecule has 0 aliphatic carbocycles. The molecule has 0 aromatic carbocycles. The van der Waals surface area contributed by atoms with Gasteiger partial charge < -0.3 is 20.3 Å². The molecule has 1 fully saturated rings. The summed E-state index contributed by atoms with van der Waals surface area (Å²) in [5.74, 6) is -0.874. The van der Waals surface area contributed by atoms with Crippen LogP contribution in [0.4, 0.5) is 0 Å². The molecule has 1 saturated heterocycles. The highest BCUT2D eigenvalue weighted by Gasteiger charge is 2.31. The molecule has 1 heterocycles. The van der Waals surface area contributed by atoms with Crippen molar-refractivity contribution in [2.45, 2.75) is 57.3 Å². The van der Waals surface area contributed by atoms with Crippen molar-refractivity contribution in [3.8, 4) is 0 Å². The highest BCUT2D eigenvalue weighted by molar-refractivity contribution is 5.72. The van der Waals surface area contributed by atoms with Crippen LogP contribution in [0.5, 0.6) is 0 Å². The van der Waals surface area contributed by atoms with Gasteiger partial charge in [-0.1, -0.05) is 6.92 Å². The zero-order valence-electron chi connectivity index (χ0n) is 10.6. The van der Waals surface area contributed by atoms with Gasteiger partial charge in [-0.25, -0.2) is 4.79 Å². The summed E-state index contributed by atoms with van der Waals surface area (Å²) in [5.41, 5.74) is -0.0978. The first kappa shape index (κ1) is 14.4. The van der Waals surface area contributed by atoms with E-state index in [1.54, 1.807) is 0 Å². The Labute approximate surface area is 102 Å². The quantitative estimate of drug-likeness (QED) is 0.617. The summed E-state index contributed by atoms with van der Waals surface area (Å²) in [6, 6.07) is 0. The lowest BCUT2D eigenvalue weighted by Crippen LogP contribution is -2.46. The number of hydrogen-bond donors (Lipinski definition) is 3. The second-order valence-electron chi connectivity index (χ2n) is 4.93. The molecule has 0 aromatic heterocycles. The average Bonchev–Trinajstić information content (AvgIpc) is 2.76. The van der Waals surface area contributed by atoms with E-state index in [1.165, 1.54) is 0 Å². The normalized spacial score (nSPS) is 27.9. The van der Waals surface area contributed by atoms with Crippen LogP contribution in [0.2, 0.25) is 0 Å². The summed E-state index contributed by atoms with van der Waals surface area (Å²) < 4.78 is 5.42. The second kappa shape index (κ2) is 6.33. The summed E-state index contributed by atoms with van der Waals surface area (Å²) in [6.45, 7) is 4.93. The van der Waals surface area contributed by atoms with Crippen LogP contribution in [0.3, 0.4) is 0 Å². The fourth-order valence-corrected chi connectivity index (χ4v) is 2.03. The van der Waals surface area contributed by atoms with E-state index in [4.69, 9.17) is 14.9 Å². The van der Waals surface area contributed by atoms with E-state index in [-0.39, 0.29) is 18.2 Å². The van der Waals surface area contributed by atoms with Crippen molar-refractivity contribution in [3.63, 3.8) is 0 Å². The lowest BCUT2D eigenvalue weighted by Gasteiger charge is -2.30. The number of carboxylic acid groups (broad SMARTS) is 1. The Kier molecular flexibility index (Phi) is 5.36. The third kappa shape index (κ3) is 4.26. The van der Waals surface area contributed by atoms with E-state index in [0.29, 0.717) is 19.4 Å². The number of rotatable bonds is 7. The van der Waals surface area contributed by atoms with E-state index in [9.17, 15) is 4.79 Å². The predicted molar refractivity (Wildman–Crippen MR) is 63.9 cm³/mol. The second-order valence-corrected chi connectivity index (χ2v) is 4.93. The molecule has 5 heteroatoms. The lowest BCUT2D eigenvalue weighted by molar-refractivity contribution is -0.149. The van der Waals surface area contributed by atoms with Crippen LogP contribution in [0.25, 0.3) is 0 Å².